The highest BCUT2D eigenvalue weighted by atomic mass is 35.5. The van der Waals surface area contributed by atoms with Crippen LogP contribution < -0.4 is 0 Å². The third-order valence-electron chi connectivity index (χ3n) is 6.28. The Labute approximate surface area is 192 Å². The molecule has 3 nitrogen and oxygen atoms in total. The zero-order valence-electron chi connectivity index (χ0n) is 17.9. The first-order valence-electron chi connectivity index (χ1n) is 10.9. The third-order valence-corrected chi connectivity index (χ3v) is 7.76. The van der Waals surface area contributed by atoms with Crippen LogP contribution in [0.15, 0.2) is 54.6 Å². The van der Waals surface area contributed by atoms with Crippen molar-refractivity contribution in [2.24, 2.45) is 0 Å². The van der Waals surface area contributed by atoms with E-state index in [2.05, 4.69) is 49.1 Å². The van der Waals surface area contributed by atoms with Crippen molar-refractivity contribution in [2.45, 2.75) is 39.2 Å². The lowest BCUT2D eigenvalue weighted by Gasteiger charge is -2.21. The Hall–Kier alpha value is -2.27. The zero-order valence-corrected chi connectivity index (χ0v) is 19.5. The molecule has 4 aromatic rings. The van der Waals surface area contributed by atoms with Crippen LogP contribution in [0.5, 0.6) is 0 Å². The lowest BCUT2D eigenvalue weighted by atomic mass is 10.1. The number of aromatic nitrogens is 2. The highest BCUT2D eigenvalue weighted by Gasteiger charge is 2.20. The summed E-state index contributed by atoms with van der Waals surface area (Å²) in [6.07, 6.45) is 3.67. The molecule has 0 spiro atoms. The van der Waals surface area contributed by atoms with E-state index < -0.39 is 0 Å². The fourth-order valence-corrected chi connectivity index (χ4v) is 5.64. The van der Waals surface area contributed by atoms with Gasteiger partial charge in [0.15, 0.2) is 0 Å². The van der Waals surface area contributed by atoms with E-state index in [-0.39, 0.29) is 0 Å². The minimum atomic E-state index is 0.699. The number of pyridine rings is 1. The number of para-hydroxylation sites is 1. The smallest absolute Gasteiger partial charge is 0.124 e. The molecule has 1 fully saturated rings. The summed E-state index contributed by atoms with van der Waals surface area (Å²) >= 11 is 7.74. The van der Waals surface area contributed by atoms with Crippen molar-refractivity contribution in [2.75, 3.05) is 13.1 Å². The number of fused-ring (bicyclic) bond motifs is 1. The number of nitrogens with zero attached hydrogens (tertiary/aromatic N) is 3. The number of likely N-dealkylation sites (tertiary alicyclic amines) is 1. The molecule has 2 aromatic heterocycles. The number of halogens is 1. The maximum Gasteiger partial charge on any atom is 0.124 e. The van der Waals surface area contributed by atoms with Crippen molar-refractivity contribution < 1.29 is 0 Å². The number of hydrogen-bond acceptors (Lipinski definition) is 4. The number of benzene rings is 2. The predicted molar refractivity (Wildman–Crippen MR) is 132 cm³/mol. The minimum Gasteiger partial charge on any atom is -0.300 e. The molecule has 1 aliphatic heterocycles. The first-order valence-corrected chi connectivity index (χ1v) is 12.1. The maximum absolute atomic E-state index is 6.05. The number of thiazole rings is 1. The van der Waals surface area contributed by atoms with Crippen LogP contribution in [0.2, 0.25) is 5.02 Å². The molecule has 0 N–H and O–H groups in total. The molecule has 0 amide bonds. The minimum absolute atomic E-state index is 0.699. The molecule has 31 heavy (non-hydrogen) atoms. The third kappa shape index (κ3) is 4.25. The summed E-state index contributed by atoms with van der Waals surface area (Å²) in [7, 11) is 0. The van der Waals surface area contributed by atoms with Crippen LogP contribution in [0.4, 0.5) is 0 Å². The molecule has 0 saturated carbocycles. The van der Waals surface area contributed by atoms with Gasteiger partial charge in [-0.25, -0.2) is 9.97 Å². The Bertz CT molecular complexity index is 1220. The normalized spacial score (nSPS) is 16.9. The monoisotopic (exact) mass is 447 g/mol. The van der Waals surface area contributed by atoms with Crippen molar-refractivity contribution in [3.8, 4) is 21.1 Å². The highest BCUT2D eigenvalue weighted by molar-refractivity contribution is 7.18. The molecular formula is C26H26ClN3S. The summed E-state index contributed by atoms with van der Waals surface area (Å²) in [5, 5.41) is 2.95. The second-order valence-electron chi connectivity index (χ2n) is 8.40. The molecule has 3 heterocycles. The van der Waals surface area contributed by atoms with Gasteiger partial charge in [0.2, 0.25) is 0 Å². The molecule has 2 aromatic carbocycles. The summed E-state index contributed by atoms with van der Waals surface area (Å²) in [6, 6.07) is 19.4. The van der Waals surface area contributed by atoms with Gasteiger partial charge in [-0.2, -0.15) is 0 Å². The van der Waals surface area contributed by atoms with E-state index in [1.165, 1.54) is 30.3 Å². The molecule has 5 rings (SSSR count). The molecule has 5 heteroatoms. The summed E-state index contributed by atoms with van der Waals surface area (Å²) in [5.41, 5.74) is 5.56. The molecule has 0 bridgehead atoms. The standard InChI is InChI=1S/C26H26ClN3S/c1-17-5-4-15-30(17)16-14-20-7-3-6-19-10-13-23(29-24(19)20)25-18(2)28-26(31-25)21-8-11-22(27)12-9-21/h3,6-13,17H,4-5,14-16H2,1-2H3/t17-/m1/s1. The average Bonchev–Trinajstić information content (AvgIpc) is 3.37. The van der Waals surface area contributed by atoms with Crippen LogP contribution in [0, 0.1) is 6.92 Å². The van der Waals surface area contributed by atoms with Crippen molar-refractivity contribution >= 4 is 33.8 Å². The van der Waals surface area contributed by atoms with Crippen LogP contribution in [-0.4, -0.2) is 34.0 Å². The van der Waals surface area contributed by atoms with Gasteiger partial charge in [-0.3, -0.25) is 0 Å². The molecule has 1 saturated heterocycles. The molecule has 1 aliphatic rings. The van der Waals surface area contributed by atoms with Crippen molar-refractivity contribution in [3.05, 3.63) is 70.9 Å². The summed E-state index contributed by atoms with van der Waals surface area (Å²) in [5.74, 6) is 0. The Morgan fingerprint density at radius 1 is 1.06 bits per heavy atom. The number of rotatable bonds is 5. The average molecular weight is 448 g/mol. The number of aryl methyl sites for hydroxylation is 1. The fraction of sp³-hybridized carbons (Fsp3) is 0.308. The van der Waals surface area contributed by atoms with Crippen LogP contribution in [-0.2, 0) is 6.42 Å². The first kappa shape index (κ1) is 20.6. The van der Waals surface area contributed by atoms with Crippen molar-refractivity contribution in [3.63, 3.8) is 0 Å². The lowest BCUT2D eigenvalue weighted by molar-refractivity contribution is 0.272. The largest absolute Gasteiger partial charge is 0.300 e. The van der Waals surface area contributed by atoms with Gasteiger partial charge in [0.05, 0.1) is 21.8 Å². The van der Waals surface area contributed by atoms with E-state index in [1.54, 1.807) is 11.3 Å². The molecule has 0 radical (unpaired) electrons. The predicted octanol–water partition coefficient (Wildman–Crippen LogP) is 7.01. The van der Waals surface area contributed by atoms with Gasteiger partial charge < -0.3 is 4.90 Å². The van der Waals surface area contributed by atoms with Gasteiger partial charge in [0.1, 0.15) is 5.01 Å². The van der Waals surface area contributed by atoms with Crippen LogP contribution >= 0.6 is 22.9 Å². The van der Waals surface area contributed by atoms with Crippen LogP contribution in [0.1, 0.15) is 31.0 Å². The Kier molecular flexibility index (Phi) is 5.79. The van der Waals surface area contributed by atoms with Gasteiger partial charge in [-0.05, 0) is 63.4 Å². The van der Waals surface area contributed by atoms with Gasteiger partial charge >= 0.3 is 0 Å². The van der Waals surface area contributed by atoms with E-state index in [0.717, 1.165) is 50.3 Å². The topological polar surface area (TPSA) is 29.0 Å². The van der Waals surface area contributed by atoms with E-state index in [1.807, 2.05) is 24.3 Å². The lowest BCUT2D eigenvalue weighted by Crippen LogP contribution is -2.29. The van der Waals surface area contributed by atoms with Crippen LogP contribution in [0.25, 0.3) is 32.0 Å². The molecule has 0 aliphatic carbocycles. The van der Waals surface area contributed by atoms with E-state index >= 15 is 0 Å². The second-order valence-corrected chi connectivity index (χ2v) is 9.84. The van der Waals surface area contributed by atoms with E-state index in [0.29, 0.717) is 6.04 Å². The van der Waals surface area contributed by atoms with Crippen LogP contribution in [0.3, 0.4) is 0 Å². The summed E-state index contributed by atoms with van der Waals surface area (Å²) in [4.78, 5) is 13.7. The second kappa shape index (κ2) is 8.70. The molecule has 1 atom stereocenters. The summed E-state index contributed by atoms with van der Waals surface area (Å²) in [6.45, 7) is 6.74. The number of hydrogen-bond donors (Lipinski definition) is 0. The summed E-state index contributed by atoms with van der Waals surface area (Å²) < 4.78 is 0. The maximum atomic E-state index is 6.05. The van der Waals surface area contributed by atoms with E-state index in [9.17, 15) is 0 Å². The first-order chi connectivity index (χ1) is 15.1. The highest BCUT2D eigenvalue weighted by Crippen LogP contribution is 2.35. The Morgan fingerprint density at radius 2 is 1.90 bits per heavy atom. The Morgan fingerprint density at radius 3 is 2.68 bits per heavy atom. The van der Waals surface area contributed by atoms with Crippen molar-refractivity contribution in [1.29, 1.82) is 0 Å². The SMILES string of the molecule is Cc1nc(-c2ccc(Cl)cc2)sc1-c1ccc2cccc(CCN3CCC[C@H]3C)c2n1. The Balaban J connectivity index is 1.47. The van der Waals surface area contributed by atoms with Gasteiger partial charge in [0, 0.05) is 28.6 Å². The van der Waals surface area contributed by atoms with Gasteiger partial charge in [-0.15, -0.1) is 11.3 Å². The fourth-order valence-electron chi connectivity index (χ4n) is 4.48. The molecule has 158 valence electrons. The zero-order chi connectivity index (χ0) is 21.4. The quantitative estimate of drug-likeness (QED) is 0.329. The van der Waals surface area contributed by atoms with Crippen molar-refractivity contribution in [1.82, 2.24) is 14.9 Å². The molecular weight excluding hydrogens is 422 g/mol. The van der Waals surface area contributed by atoms with E-state index in [4.69, 9.17) is 21.6 Å². The molecule has 0 unspecified atom stereocenters. The van der Waals surface area contributed by atoms with Gasteiger partial charge in [-0.1, -0.05) is 48.0 Å². The van der Waals surface area contributed by atoms with Gasteiger partial charge in [0.25, 0.3) is 0 Å².